The second kappa shape index (κ2) is 10.8. The number of likely N-dealkylation sites (N-methyl/N-ethyl adjacent to an activating group) is 1. The Morgan fingerprint density at radius 1 is 0.889 bits per heavy atom. The van der Waals surface area contributed by atoms with Crippen molar-refractivity contribution < 1.29 is 9.53 Å². The van der Waals surface area contributed by atoms with E-state index in [0.717, 1.165) is 24.3 Å². The molecule has 0 radical (unpaired) electrons. The number of hydrogen-bond donors (Lipinski definition) is 2. The van der Waals surface area contributed by atoms with Crippen molar-refractivity contribution in [2.45, 2.75) is 83.2 Å². The van der Waals surface area contributed by atoms with Crippen molar-refractivity contribution in [3.05, 3.63) is 0 Å². The molecule has 0 aromatic rings. The molecule has 3 fully saturated rings. The van der Waals surface area contributed by atoms with Gasteiger partial charge < -0.3 is 15.4 Å². The first-order chi connectivity index (χ1) is 13.2. The molecule has 4 heteroatoms. The summed E-state index contributed by atoms with van der Waals surface area (Å²) in [6.45, 7) is 1.24. The van der Waals surface area contributed by atoms with Gasteiger partial charge in [-0.1, -0.05) is 44.9 Å². The maximum absolute atomic E-state index is 11.9. The summed E-state index contributed by atoms with van der Waals surface area (Å²) in [5, 5.41) is 6.21. The Morgan fingerprint density at radius 2 is 1.59 bits per heavy atom. The van der Waals surface area contributed by atoms with Crippen molar-refractivity contribution in [1.29, 1.82) is 0 Å². The van der Waals surface area contributed by atoms with Gasteiger partial charge in [-0.15, -0.1) is 0 Å². The lowest BCUT2D eigenvalue weighted by atomic mass is 9.63. The van der Waals surface area contributed by atoms with Crippen LogP contribution < -0.4 is 10.6 Å². The first-order valence-electron chi connectivity index (χ1n) is 11.7. The number of ether oxygens (including phenoxy) is 1. The van der Waals surface area contributed by atoms with E-state index < -0.39 is 0 Å². The highest BCUT2D eigenvalue weighted by Crippen LogP contribution is 2.46. The first kappa shape index (κ1) is 21.1. The number of nitrogens with one attached hydrogen (secondary N) is 2. The molecule has 3 aliphatic rings. The molecule has 156 valence electrons. The third-order valence-corrected chi connectivity index (χ3v) is 7.85. The predicted molar refractivity (Wildman–Crippen MR) is 111 cm³/mol. The van der Waals surface area contributed by atoms with Crippen LogP contribution in [0.5, 0.6) is 0 Å². The van der Waals surface area contributed by atoms with E-state index in [1.807, 2.05) is 0 Å². The molecule has 0 aromatic carbocycles. The molecule has 0 aromatic heterocycles. The van der Waals surface area contributed by atoms with Gasteiger partial charge in [0.15, 0.2) is 0 Å². The van der Waals surface area contributed by atoms with Gasteiger partial charge in [-0.3, -0.25) is 4.79 Å². The fourth-order valence-corrected chi connectivity index (χ4v) is 6.40. The van der Waals surface area contributed by atoms with E-state index in [9.17, 15) is 4.79 Å². The molecule has 0 spiro atoms. The molecule has 0 saturated heterocycles. The normalized spacial score (nSPS) is 31.7. The highest BCUT2D eigenvalue weighted by molar-refractivity contribution is 5.76. The van der Waals surface area contributed by atoms with Gasteiger partial charge in [-0.05, 0) is 62.8 Å². The van der Waals surface area contributed by atoms with Crippen LogP contribution in [0.25, 0.3) is 0 Å². The fraction of sp³-hybridized carbons (Fsp3) is 0.957. The molecule has 27 heavy (non-hydrogen) atoms. The van der Waals surface area contributed by atoms with Crippen LogP contribution in [-0.2, 0) is 9.53 Å². The zero-order valence-corrected chi connectivity index (χ0v) is 17.7. The van der Waals surface area contributed by atoms with Crippen LogP contribution in [0.2, 0.25) is 0 Å². The Morgan fingerprint density at radius 3 is 2.30 bits per heavy atom. The topological polar surface area (TPSA) is 50.4 Å². The molecule has 1 amide bonds. The number of fused-ring (bicyclic) bond motifs is 1. The van der Waals surface area contributed by atoms with Crippen LogP contribution in [0.15, 0.2) is 0 Å². The molecule has 2 N–H and O–H groups in total. The first-order valence-corrected chi connectivity index (χ1v) is 11.7. The Labute approximate surface area is 166 Å². The molecule has 4 nitrogen and oxygen atoms in total. The van der Waals surface area contributed by atoms with Gasteiger partial charge in [-0.2, -0.15) is 0 Å². The van der Waals surface area contributed by atoms with Crippen LogP contribution in [0.1, 0.15) is 77.0 Å². The number of carbonyl (C=O) groups excluding carboxylic acids is 1. The SMILES string of the molecule is CNC[C@H](C1CCC2CCCCC2C1)[C@H](OCC(=O)NC)C1CCCCC1. The average Bonchev–Trinajstić information content (AvgIpc) is 2.73. The van der Waals surface area contributed by atoms with Crippen LogP contribution in [-0.4, -0.2) is 39.3 Å². The minimum atomic E-state index is 0.00926. The van der Waals surface area contributed by atoms with Crippen LogP contribution in [0, 0.1) is 29.6 Å². The lowest BCUT2D eigenvalue weighted by molar-refractivity contribution is -0.132. The number of amides is 1. The molecular formula is C23H42N2O2. The van der Waals surface area contributed by atoms with Crippen LogP contribution in [0.3, 0.4) is 0 Å². The zero-order valence-electron chi connectivity index (χ0n) is 17.7. The van der Waals surface area contributed by atoms with Crippen molar-refractivity contribution in [2.24, 2.45) is 29.6 Å². The quantitative estimate of drug-likeness (QED) is 0.667. The smallest absolute Gasteiger partial charge is 0.245 e. The van der Waals surface area contributed by atoms with Gasteiger partial charge >= 0.3 is 0 Å². The molecule has 3 saturated carbocycles. The molecule has 3 aliphatic carbocycles. The molecule has 0 bridgehead atoms. The Hall–Kier alpha value is -0.610. The van der Waals surface area contributed by atoms with E-state index in [1.165, 1.54) is 77.0 Å². The standard InChI is InChI=1S/C23H42N2O2/c1-24-15-21(20-13-12-17-8-6-7-11-19(17)14-20)23(27-16-22(26)25-2)18-9-4-3-5-10-18/h17-21,23-24H,3-16H2,1-2H3,(H,25,26)/t17?,19?,20?,21-,23-/m1/s1. The number of rotatable bonds is 8. The Balaban J connectivity index is 1.71. The third-order valence-electron chi connectivity index (χ3n) is 7.85. The Bertz CT molecular complexity index is 450. The molecular weight excluding hydrogens is 336 g/mol. The van der Waals surface area contributed by atoms with Crippen molar-refractivity contribution >= 4 is 5.91 Å². The van der Waals surface area contributed by atoms with Crippen molar-refractivity contribution in [3.63, 3.8) is 0 Å². The van der Waals surface area contributed by atoms with Gasteiger partial charge in [-0.25, -0.2) is 0 Å². The summed E-state index contributed by atoms with van der Waals surface area (Å²) in [7, 11) is 3.78. The summed E-state index contributed by atoms with van der Waals surface area (Å²) in [5.74, 6) is 3.88. The highest BCUT2D eigenvalue weighted by atomic mass is 16.5. The van der Waals surface area contributed by atoms with E-state index >= 15 is 0 Å². The number of carbonyl (C=O) groups is 1. The second-order valence-electron chi connectivity index (χ2n) is 9.45. The summed E-state index contributed by atoms with van der Waals surface area (Å²) in [4.78, 5) is 11.9. The zero-order chi connectivity index (χ0) is 19.1. The largest absolute Gasteiger partial charge is 0.368 e. The van der Waals surface area contributed by atoms with E-state index in [4.69, 9.17) is 4.74 Å². The summed E-state index contributed by atoms with van der Waals surface area (Å²) in [6.07, 6.45) is 16.8. The maximum atomic E-state index is 11.9. The van der Waals surface area contributed by atoms with E-state index in [1.54, 1.807) is 7.05 Å². The van der Waals surface area contributed by atoms with Gasteiger partial charge in [0.1, 0.15) is 6.61 Å². The minimum absolute atomic E-state index is 0.00926. The Kier molecular flexibility index (Phi) is 8.45. The summed E-state index contributed by atoms with van der Waals surface area (Å²) < 4.78 is 6.39. The van der Waals surface area contributed by atoms with Gasteiger partial charge in [0.25, 0.3) is 0 Å². The van der Waals surface area contributed by atoms with E-state index in [-0.39, 0.29) is 18.6 Å². The van der Waals surface area contributed by atoms with E-state index in [0.29, 0.717) is 11.8 Å². The van der Waals surface area contributed by atoms with Crippen molar-refractivity contribution in [3.8, 4) is 0 Å². The van der Waals surface area contributed by atoms with Gasteiger partial charge in [0.05, 0.1) is 6.10 Å². The van der Waals surface area contributed by atoms with Crippen molar-refractivity contribution in [2.75, 3.05) is 27.2 Å². The fourth-order valence-electron chi connectivity index (χ4n) is 6.40. The molecule has 0 aliphatic heterocycles. The lowest BCUT2D eigenvalue weighted by Crippen LogP contribution is -2.45. The van der Waals surface area contributed by atoms with E-state index in [2.05, 4.69) is 17.7 Å². The summed E-state index contributed by atoms with van der Waals surface area (Å²) in [5.41, 5.74) is 0. The maximum Gasteiger partial charge on any atom is 0.245 e. The number of hydrogen-bond acceptors (Lipinski definition) is 3. The van der Waals surface area contributed by atoms with Crippen LogP contribution >= 0.6 is 0 Å². The van der Waals surface area contributed by atoms with Crippen molar-refractivity contribution in [1.82, 2.24) is 10.6 Å². The third kappa shape index (κ3) is 5.69. The van der Waals surface area contributed by atoms with Gasteiger partial charge in [0, 0.05) is 19.5 Å². The predicted octanol–water partition coefficient (Wildman–Crippen LogP) is 4.14. The minimum Gasteiger partial charge on any atom is -0.368 e. The monoisotopic (exact) mass is 378 g/mol. The molecule has 3 unspecified atom stereocenters. The van der Waals surface area contributed by atoms with Crippen LogP contribution in [0.4, 0.5) is 0 Å². The summed E-state index contributed by atoms with van der Waals surface area (Å²) >= 11 is 0. The summed E-state index contributed by atoms with van der Waals surface area (Å²) in [6, 6.07) is 0. The second-order valence-corrected chi connectivity index (χ2v) is 9.45. The molecule has 5 atom stereocenters. The van der Waals surface area contributed by atoms with Gasteiger partial charge in [0.2, 0.25) is 5.91 Å². The lowest BCUT2D eigenvalue weighted by Gasteiger charge is -2.45. The highest BCUT2D eigenvalue weighted by Gasteiger charge is 2.40. The average molecular weight is 379 g/mol. The molecule has 3 rings (SSSR count). The molecule has 0 heterocycles.